The van der Waals surface area contributed by atoms with Gasteiger partial charge < -0.3 is 29.4 Å². The van der Waals surface area contributed by atoms with Gasteiger partial charge in [-0.25, -0.2) is 9.78 Å². The predicted molar refractivity (Wildman–Crippen MR) is 131 cm³/mol. The number of rotatable bonds is 7. The van der Waals surface area contributed by atoms with Gasteiger partial charge in [0.1, 0.15) is 5.70 Å². The maximum atomic E-state index is 13.1. The standard InChI is InChI=1S/C26H30N4O7/c1-14(31)19-18-12-17(15-7-6-8-16(11-15)28-22(32)21-27-9-10-29(21)5)20(30(18)23(19)33)24(34)36-13-37-25(35)26(2,3)4/h6-11,14,18-19,31H,12-13H2,1-5H3,(H,28,32)/t14-,18-,19-/m1/s1. The van der Waals surface area contributed by atoms with Crippen LogP contribution in [0.25, 0.3) is 5.57 Å². The number of nitrogens with zero attached hydrogens (tertiary/aromatic N) is 3. The highest BCUT2D eigenvalue weighted by Gasteiger charge is 2.57. The molecule has 1 fully saturated rings. The number of esters is 2. The van der Waals surface area contributed by atoms with Crippen molar-refractivity contribution in [3.63, 3.8) is 0 Å². The molecule has 0 bridgehead atoms. The Morgan fingerprint density at radius 1 is 1.24 bits per heavy atom. The number of hydrogen-bond donors (Lipinski definition) is 2. The Morgan fingerprint density at radius 3 is 2.59 bits per heavy atom. The van der Waals surface area contributed by atoms with Crippen LogP contribution in [0.5, 0.6) is 0 Å². The molecule has 2 aromatic rings. The molecular formula is C26H30N4O7. The average Bonchev–Trinajstić information content (AvgIpc) is 3.39. The van der Waals surface area contributed by atoms with Gasteiger partial charge in [0.25, 0.3) is 5.91 Å². The number of amides is 2. The van der Waals surface area contributed by atoms with Crippen LogP contribution >= 0.6 is 0 Å². The van der Waals surface area contributed by atoms with Crippen LogP contribution in [0.1, 0.15) is 50.3 Å². The van der Waals surface area contributed by atoms with E-state index in [1.165, 1.54) is 18.0 Å². The van der Waals surface area contributed by atoms with Crippen LogP contribution in [0, 0.1) is 11.3 Å². The molecule has 37 heavy (non-hydrogen) atoms. The van der Waals surface area contributed by atoms with E-state index in [0.717, 1.165) is 0 Å². The van der Waals surface area contributed by atoms with Crippen molar-refractivity contribution in [1.82, 2.24) is 14.5 Å². The lowest BCUT2D eigenvalue weighted by molar-refractivity contribution is -0.175. The number of carbonyl (C=O) groups is 4. The number of aliphatic hydroxyl groups excluding tert-OH is 1. The van der Waals surface area contributed by atoms with Gasteiger partial charge in [-0.2, -0.15) is 0 Å². The molecule has 2 N–H and O–H groups in total. The van der Waals surface area contributed by atoms with Crippen LogP contribution in [0.15, 0.2) is 42.4 Å². The van der Waals surface area contributed by atoms with Crippen molar-refractivity contribution >= 4 is 35.0 Å². The molecule has 2 aliphatic heterocycles. The van der Waals surface area contributed by atoms with Crippen LogP contribution < -0.4 is 5.32 Å². The number of fused-ring (bicyclic) bond motifs is 1. The molecule has 11 heteroatoms. The number of aromatic nitrogens is 2. The molecule has 196 valence electrons. The van der Waals surface area contributed by atoms with E-state index in [1.54, 1.807) is 62.8 Å². The normalized spacial score (nSPS) is 19.7. The zero-order chi connectivity index (χ0) is 27.1. The van der Waals surface area contributed by atoms with Gasteiger partial charge in [0.05, 0.1) is 23.5 Å². The number of nitrogens with one attached hydrogen (secondary N) is 1. The fourth-order valence-electron chi connectivity index (χ4n) is 4.49. The average molecular weight is 511 g/mol. The van der Waals surface area contributed by atoms with Gasteiger partial charge in [-0.1, -0.05) is 12.1 Å². The second-order valence-electron chi connectivity index (χ2n) is 10.2. The number of hydrogen-bond acceptors (Lipinski definition) is 8. The molecule has 2 aliphatic rings. The van der Waals surface area contributed by atoms with E-state index in [0.29, 0.717) is 23.2 Å². The second-order valence-corrected chi connectivity index (χ2v) is 10.2. The van der Waals surface area contributed by atoms with Gasteiger partial charge in [0, 0.05) is 25.1 Å². The van der Waals surface area contributed by atoms with Gasteiger partial charge in [-0.05, 0) is 57.4 Å². The molecular weight excluding hydrogens is 480 g/mol. The number of ether oxygens (including phenoxy) is 2. The fraction of sp³-hybridized carbons (Fsp3) is 0.423. The molecule has 11 nitrogen and oxygen atoms in total. The van der Waals surface area contributed by atoms with Gasteiger partial charge in [0.15, 0.2) is 5.82 Å². The van der Waals surface area contributed by atoms with E-state index >= 15 is 0 Å². The first kappa shape index (κ1) is 26.1. The minimum Gasteiger partial charge on any atom is -0.427 e. The Hall–Kier alpha value is -3.99. The molecule has 4 rings (SSSR count). The molecule has 0 spiro atoms. The lowest BCUT2D eigenvalue weighted by Crippen LogP contribution is -2.61. The Kier molecular flexibility index (Phi) is 6.92. The summed E-state index contributed by atoms with van der Waals surface area (Å²) in [5.41, 5.74) is 0.862. The molecule has 3 heterocycles. The summed E-state index contributed by atoms with van der Waals surface area (Å²) in [7, 11) is 1.71. The third kappa shape index (κ3) is 4.99. The Morgan fingerprint density at radius 2 is 1.97 bits per heavy atom. The summed E-state index contributed by atoms with van der Waals surface area (Å²) in [6, 6.07) is 6.45. The molecule has 1 aromatic carbocycles. The summed E-state index contributed by atoms with van der Waals surface area (Å²) >= 11 is 0. The largest absolute Gasteiger partial charge is 0.427 e. The molecule has 0 radical (unpaired) electrons. The van der Waals surface area contributed by atoms with Crippen molar-refractivity contribution in [3.05, 3.63) is 53.7 Å². The maximum absolute atomic E-state index is 13.1. The summed E-state index contributed by atoms with van der Waals surface area (Å²) in [4.78, 5) is 56.0. The smallest absolute Gasteiger partial charge is 0.358 e. The van der Waals surface area contributed by atoms with E-state index in [-0.39, 0.29) is 17.4 Å². The van der Waals surface area contributed by atoms with Crippen LogP contribution in [-0.4, -0.2) is 62.2 Å². The van der Waals surface area contributed by atoms with Crippen molar-refractivity contribution in [1.29, 1.82) is 0 Å². The zero-order valence-electron chi connectivity index (χ0n) is 21.3. The number of benzene rings is 1. The molecule has 0 saturated carbocycles. The number of imidazole rings is 1. The summed E-state index contributed by atoms with van der Waals surface area (Å²) in [5.74, 6) is -2.56. The van der Waals surface area contributed by atoms with Gasteiger partial charge in [-0.3, -0.25) is 14.4 Å². The van der Waals surface area contributed by atoms with E-state index < -0.39 is 48.1 Å². The number of aryl methyl sites for hydroxylation is 1. The highest BCUT2D eigenvalue weighted by Crippen LogP contribution is 2.47. The summed E-state index contributed by atoms with van der Waals surface area (Å²) in [6.07, 6.45) is 2.60. The summed E-state index contributed by atoms with van der Waals surface area (Å²) in [6.45, 7) is 5.96. The number of carbonyl (C=O) groups excluding carboxylic acids is 4. The monoisotopic (exact) mass is 510 g/mol. The first-order valence-corrected chi connectivity index (χ1v) is 11.9. The van der Waals surface area contributed by atoms with Gasteiger partial charge in [-0.15, -0.1) is 0 Å². The molecule has 3 atom stereocenters. The van der Waals surface area contributed by atoms with Crippen LogP contribution in [-0.2, 0) is 30.9 Å². The summed E-state index contributed by atoms with van der Waals surface area (Å²) < 4.78 is 11.9. The molecule has 0 unspecified atom stereocenters. The molecule has 1 saturated heterocycles. The molecule has 0 aliphatic carbocycles. The third-order valence-electron chi connectivity index (χ3n) is 6.41. The first-order chi connectivity index (χ1) is 17.4. The number of anilines is 1. The van der Waals surface area contributed by atoms with Crippen molar-refractivity contribution in [2.45, 2.75) is 46.3 Å². The van der Waals surface area contributed by atoms with Crippen molar-refractivity contribution in [3.8, 4) is 0 Å². The van der Waals surface area contributed by atoms with Crippen molar-refractivity contribution in [2.24, 2.45) is 18.4 Å². The van der Waals surface area contributed by atoms with Crippen LogP contribution in [0.4, 0.5) is 5.69 Å². The Labute approximate surface area is 214 Å². The highest BCUT2D eigenvalue weighted by atomic mass is 16.7. The van der Waals surface area contributed by atoms with E-state index in [4.69, 9.17) is 9.47 Å². The maximum Gasteiger partial charge on any atom is 0.358 e. The second kappa shape index (κ2) is 9.81. The third-order valence-corrected chi connectivity index (χ3v) is 6.41. The SMILES string of the molecule is C[C@@H](O)[C@H]1C(=O)N2C(C(=O)OCOC(=O)C(C)(C)C)=C(c3cccc(NC(=O)c4nccn4C)c3)C[C@H]12. The lowest BCUT2D eigenvalue weighted by Gasteiger charge is -2.44. The number of β-lactam (4-membered cyclic amide) rings is 1. The van der Waals surface area contributed by atoms with Gasteiger partial charge >= 0.3 is 11.9 Å². The van der Waals surface area contributed by atoms with Crippen molar-refractivity contribution in [2.75, 3.05) is 12.1 Å². The van der Waals surface area contributed by atoms with E-state index in [9.17, 15) is 24.3 Å². The highest BCUT2D eigenvalue weighted by molar-refractivity contribution is 6.07. The minimum absolute atomic E-state index is 0.0336. The van der Waals surface area contributed by atoms with Crippen LogP contribution in [0.3, 0.4) is 0 Å². The van der Waals surface area contributed by atoms with E-state index in [2.05, 4.69) is 10.3 Å². The number of aliphatic hydroxyl groups is 1. The predicted octanol–water partition coefficient (Wildman–Crippen LogP) is 2.08. The molecule has 1 aromatic heterocycles. The zero-order valence-corrected chi connectivity index (χ0v) is 21.3. The quantitative estimate of drug-likeness (QED) is 0.328. The van der Waals surface area contributed by atoms with Crippen molar-refractivity contribution < 1.29 is 33.8 Å². The lowest BCUT2D eigenvalue weighted by atomic mass is 9.82. The van der Waals surface area contributed by atoms with Crippen LogP contribution in [0.2, 0.25) is 0 Å². The van der Waals surface area contributed by atoms with Gasteiger partial charge in [0.2, 0.25) is 12.7 Å². The summed E-state index contributed by atoms with van der Waals surface area (Å²) in [5, 5.41) is 12.9. The topological polar surface area (TPSA) is 140 Å². The minimum atomic E-state index is -0.887. The molecule has 2 amide bonds. The first-order valence-electron chi connectivity index (χ1n) is 11.9. The fourth-order valence-corrected chi connectivity index (χ4v) is 4.49. The van der Waals surface area contributed by atoms with E-state index in [1.807, 2.05) is 0 Å². The Bertz CT molecular complexity index is 1290. The Balaban J connectivity index is 1.60.